The predicted molar refractivity (Wildman–Crippen MR) is 72.3 cm³/mol. The lowest BCUT2D eigenvalue weighted by atomic mass is 10.3. The first-order valence-corrected chi connectivity index (χ1v) is 7.87. The number of nitrogens with zero attached hydrogens (tertiary/aromatic N) is 2. The van der Waals surface area contributed by atoms with Gasteiger partial charge in [0.05, 0.1) is 5.25 Å². The molecule has 0 aliphatic carbocycles. The van der Waals surface area contributed by atoms with Gasteiger partial charge in [-0.15, -0.1) is 0 Å². The van der Waals surface area contributed by atoms with Gasteiger partial charge in [-0.05, 0) is 13.8 Å². The van der Waals surface area contributed by atoms with Gasteiger partial charge in [-0.25, -0.2) is 13.1 Å². The summed E-state index contributed by atoms with van der Waals surface area (Å²) in [5, 5.41) is 6.26. The van der Waals surface area contributed by atoms with Crippen molar-refractivity contribution in [2.24, 2.45) is 0 Å². The molecular weight excluding hydrogens is 268 g/mol. The molecule has 8 heteroatoms. The molecule has 0 fully saturated rings. The largest absolute Gasteiger partial charge is 0.339 e. The molecule has 0 saturated heterocycles. The topological polar surface area (TPSA) is 97.1 Å². The van der Waals surface area contributed by atoms with Gasteiger partial charge < -0.3 is 9.84 Å². The molecule has 1 atom stereocenters. The Labute approximate surface area is 114 Å². The fourth-order valence-corrected chi connectivity index (χ4v) is 2.38. The minimum Gasteiger partial charge on any atom is -0.339 e. The van der Waals surface area contributed by atoms with Crippen molar-refractivity contribution >= 4 is 10.0 Å². The molecule has 2 N–H and O–H groups in total. The van der Waals surface area contributed by atoms with E-state index in [0.717, 1.165) is 0 Å². The van der Waals surface area contributed by atoms with Gasteiger partial charge in [-0.3, -0.25) is 0 Å². The summed E-state index contributed by atoms with van der Waals surface area (Å²) in [7, 11) is -3.32. The van der Waals surface area contributed by atoms with Crippen molar-refractivity contribution in [1.82, 2.24) is 20.2 Å². The van der Waals surface area contributed by atoms with Gasteiger partial charge in [0.15, 0.2) is 5.82 Å². The monoisotopic (exact) mass is 290 g/mol. The van der Waals surface area contributed by atoms with Crippen LogP contribution in [0.5, 0.6) is 0 Å². The third-order valence-electron chi connectivity index (χ3n) is 2.56. The first-order chi connectivity index (χ1) is 8.81. The summed E-state index contributed by atoms with van der Waals surface area (Å²) in [6.45, 7) is 8.03. The molecule has 0 saturated carbocycles. The molecule has 110 valence electrons. The second kappa shape index (κ2) is 6.97. The maximum absolute atomic E-state index is 11.9. The van der Waals surface area contributed by atoms with Gasteiger partial charge in [0, 0.05) is 25.6 Å². The number of hydrogen-bond donors (Lipinski definition) is 2. The second-order valence-electron chi connectivity index (χ2n) is 4.80. The zero-order valence-corrected chi connectivity index (χ0v) is 12.6. The summed E-state index contributed by atoms with van der Waals surface area (Å²) in [6.07, 6.45) is 0.393. The Morgan fingerprint density at radius 1 is 1.32 bits per heavy atom. The summed E-state index contributed by atoms with van der Waals surface area (Å²) in [5.74, 6) is 0.987. The van der Waals surface area contributed by atoms with Crippen LogP contribution < -0.4 is 10.0 Å². The molecule has 1 heterocycles. The Morgan fingerprint density at radius 2 is 2.00 bits per heavy atom. The average molecular weight is 290 g/mol. The van der Waals surface area contributed by atoms with Gasteiger partial charge in [0.1, 0.15) is 0 Å². The fourth-order valence-electron chi connectivity index (χ4n) is 1.40. The molecule has 1 rings (SSSR count). The highest BCUT2D eigenvalue weighted by Crippen LogP contribution is 2.00. The van der Waals surface area contributed by atoms with Crippen LogP contribution in [0.15, 0.2) is 4.52 Å². The van der Waals surface area contributed by atoms with Crippen LogP contribution in [0, 0.1) is 6.92 Å². The lowest BCUT2D eigenvalue weighted by molar-refractivity contribution is 0.374. The number of rotatable bonds is 8. The molecule has 0 aromatic carbocycles. The van der Waals surface area contributed by atoms with Crippen LogP contribution in [0.4, 0.5) is 0 Å². The van der Waals surface area contributed by atoms with Crippen molar-refractivity contribution in [2.75, 3.05) is 13.1 Å². The normalized spacial score (nSPS) is 13.9. The third-order valence-corrected chi connectivity index (χ3v) is 4.39. The van der Waals surface area contributed by atoms with E-state index in [2.05, 4.69) is 20.2 Å². The molecule has 0 bridgehead atoms. The maximum Gasteiger partial charge on any atom is 0.227 e. The SMILES string of the molecule is Cc1noc(CCNS(=O)(=O)C(C)CNC(C)C)n1. The smallest absolute Gasteiger partial charge is 0.227 e. The van der Waals surface area contributed by atoms with Crippen LogP contribution in [0.25, 0.3) is 0 Å². The highest BCUT2D eigenvalue weighted by atomic mass is 32.2. The molecule has 1 unspecified atom stereocenters. The van der Waals surface area contributed by atoms with Gasteiger partial charge in [-0.2, -0.15) is 4.98 Å². The Hall–Kier alpha value is -0.990. The van der Waals surface area contributed by atoms with Crippen LogP contribution >= 0.6 is 0 Å². The molecule has 1 aromatic rings. The molecule has 0 radical (unpaired) electrons. The van der Waals surface area contributed by atoms with E-state index in [1.807, 2.05) is 13.8 Å². The van der Waals surface area contributed by atoms with Gasteiger partial charge in [-0.1, -0.05) is 19.0 Å². The number of aryl methyl sites for hydroxylation is 1. The standard InChI is InChI=1S/C11H22N4O3S/c1-8(2)12-7-9(3)19(16,17)13-6-5-11-14-10(4)15-18-11/h8-9,12-13H,5-7H2,1-4H3. The van der Waals surface area contributed by atoms with Gasteiger partial charge >= 0.3 is 0 Å². The van der Waals surface area contributed by atoms with Crippen molar-refractivity contribution in [3.05, 3.63) is 11.7 Å². The molecular formula is C11H22N4O3S. The third kappa shape index (κ3) is 5.66. The Kier molecular flexibility index (Phi) is 5.89. The highest BCUT2D eigenvalue weighted by Gasteiger charge is 2.20. The van der Waals surface area contributed by atoms with E-state index in [4.69, 9.17) is 4.52 Å². The van der Waals surface area contributed by atoms with Gasteiger partial charge in [0.2, 0.25) is 15.9 Å². The first kappa shape index (κ1) is 16.1. The van der Waals surface area contributed by atoms with E-state index >= 15 is 0 Å². The van der Waals surface area contributed by atoms with E-state index in [0.29, 0.717) is 24.7 Å². The zero-order valence-electron chi connectivity index (χ0n) is 11.8. The van der Waals surface area contributed by atoms with Crippen molar-refractivity contribution < 1.29 is 12.9 Å². The van der Waals surface area contributed by atoms with Crippen LogP contribution in [-0.2, 0) is 16.4 Å². The molecule has 1 aromatic heterocycles. The first-order valence-electron chi connectivity index (χ1n) is 6.32. The lowest BCUT2D eigenvalue weighted by Crippen LogP contribution is -2.41. The fraction of sp³-hybridized carbons (Fsp3) is 0.818. The van der Waals surface area contributed by atoms with Crippen LogP contribution in [0.1, 0.15) is 32.5 Å². The summed E-state index contributed by atoms with van der Waals surface area (Å²) < 4.78 is 31.3. The van der Waals surface area contributed by atoms with E-state index in [1.54, 1.807) is 13.8 Å². The molecule has 0 amide bonds. The number of sulfonamides is 1. The molecule has 0 aliphatic rings. The van der Waals surface area contributed by atoms with Crippen molar-refractivity contribution in [3.63, 3.8) is 0 Å². The highest BCUT2D eigenvalue weighted by molar-refractivity contribution is 7.90. The number of aromatic nitrogens is 2. The van der Waals surface area contributed by atoms with E-state index in [1.165, 1.54) is 0 Å². The Bertz CT molecular complexity index is 484. The number of hydrogen-bond acceptors (Lipinski definition) is 6. The second-order valence-corrected chi connectivity index (χ2v) is 6.98. The maximum atomic E-state index is 11.9. The van der Waals surface area contributed by atoms with E-state index in [9.17, 15) is 8.42 Å². The summed E-state index contributed by atoms with van der Waals surface area (Å²) in [5.41, 5.74) is 0. The summed E-state index contributed by atoms with van der Waals surface area (Å²) >= 11 is 0. The summed E-state index contributed by atoms with van der Waals surface area (Å²) in [6, 6.07) is 0.263. The van der Waals surface area contributed by atoms with E-state index in [-0.39, 0.29) is 12.6 Å². The molecule has 0 aliphatic heterocycles. The Morgan fingerprint density at radius 3 is 2.53 bits per heavy atom. The van der Waals surface area contributed by atoms with Crippen LogP contribution in [0.2, 0.25) is 0 Å². The molecule has 19 heavy (non-hydrogen) atoms. The average Bonchev–Trinajstić information content (AvgIpc) is 2.71. The van der Waals surface area contributed by atoms with Crippen molar-refractivity contribution in [3.8, 4) is 0 Å². The van der Waals surface area contributed by atoms with Crippen LogP contribution in [0.3, 0.4) is 0 Å². The van der Waals surface area contributed by atoms with Gasteiger partial charge in [0.25, 0.3) is 0 Å². The van der Waals surface area contributed by atoms with Crippen LogP contribution in [-0.4, -0.2) is 42.9 Å². The predicted octanol–water partition coefficient (Wildman–Crippen LogP) is 0.226. The van der Waals surface area contributed by atoms with Crippen molar-refractivity contribution in [1.29, 1.82) is 0 Å². The minimum atomic E-state index is -3.32. The zero-order chi connectivity index (χ0) is 14.5. The lowest BCUT2D eigenvalue weighted by Gasteiger charge is -2.16. The Balaban J connectivity index is 2.37. The quantitative estimate of drug-likeness (QED) is 0.711. The van der Waals surface area contributed by atoms with Crippen molar-refractivity contribution in [2.45, 2.75) is 45.4 Å². The molecule has 0 spiro atoms. The number of nitrogens with one attached hydrogen (secondary N) is 2. The minimum absolute atomic E-state index is 0.260. The van der Waals surface area contributed by atoms with E-state index < -0.39 is 15.3 Å². The molecule has 7 nitrogen and oxygen atoms in total. The summed E-state index contributed by atoms with van der Waals surface area (Å²) in [4.78, 5) is 4.01.